The summed E-state index contributed by atoms with van der Waals surface area (Å²) in [5.74, 6) is 0.515. The van der Waals surface area contributed by atoms with Crippen molar-refractivity contribution in [2.75, 3.05) is 17.1 Å². The number of nitrogens with one attached hydrogen (secondary N) is 1. The minimum absolute atomic E-state index is 0.118. The summed E-state index contributed by atoms with van der Waals surface area (Å²) in [6.07, 6.45) is 2.77. The third-order valence-corrected chi connectivity index (χ3v) is 5.80. The van der Waals surface area contributed by atoms with Crippen molar-refractivity contribution < 1.29 is 17.9 Å². The number of nitrogens with zero attached hydrogens (tertiary/aromatic N) is 1. The van der Waals surface area contributed by atoms with Crippen molar-refractivity contribution in [2.45, 2.75) is 52.7 Å². The fraction of sp³-hybridized carbons (Fsp3) is 0.435. The number of carbonyl (C=O) groups is 1. The fourth-order valence-corrected chi connectivity index (χ4v) is 4.44. The molecule has 0 aliphatic rings. The number of carbonyl (C=O) groups excluding carboxylic acids is 1. The van der Waals surface area contributed by atoms with Gasteiger partial charge < -0.3 is 10.1 Å². The van der Waals surface area contributed by atoms with Crippen LogP contribution in [0.2, 0.25) is 0 Å². The van der Waals surface area contributed by atoms with Gasteiger partial charge in [0.25, 0.3) is 0 Å². The summed E-state index contributed by atoms with van der Waals surface area (Å²) >= 11 is 0. The molecule has 2 aromatic carbocycles. The van der Waals surface area contributed by atoms with E-state index in [0.717, 1.165) is 36.0 Å². The summed E-state index contributed by atoms with van der Waals surface area (Å²) in [5.41, 5.74) is 2.55. The summed E-state index contributed by atoms with van der Waals surface area (Å²) in [6.45, 7) is 7.92. The number of hydrogen-bond donors (Lipinski definition) is 1. The topological polar surface area (TPSA) is 75.7 Å². The lowest BCUT2D eigenvalue weighted by atomic mass is 10.1. The van der Waals surface area contributed by atoms with Crippen LogP contribution in [0, 0.1) is 6.92 Å². The van der Waals surface area contributed by atoms with Crippen LogP contribution in [0.4, 0.5) is 5.69 Å². The van der Waals surface area contributed by atoms with Gasteiger partial charge in [-0.2, -0.15) is 0 Å². The van der Waals surface area contributed by atoms with Crippen molar-refractivity contribution in [1.29, 1.82) is 0 Å². The van der Waals surface area contributed by atoms with Crippen LogP contribution in [0.15, 0.2) is 48.5 Å². The third-order valence-electron chi connectivity index (χ3n) is 4.56. The van der Waals surface area contributed by atoms with Crippen LogP contribution in [0.3, 0.4) is 0 Å². The monoisotopic (exact) mass is 432 g/mol. The summed E-state index contributed by atoms with van der Waals surface area (Å²) in [6, 6.07) is 14.2. The van der Waals surface area contributed by atoms with Gasteiger partial charge in [-0.25, -0.2) is 8.42 Å². The molecule has 30 heavy (non-hydrogen) atoms. The number of ether oxygens (including phenoxy) is 1. The molecule has 0 spiro atoms. The van der Waals surface area contributed by atoms with E-state index in [2.05, 4.69) is 5.32 Å². The first-order chi connectivity index (χ1) is 14.1. The number of hydrogen-bond acceptors (Lipinski definition) is 4. The molecular formula is C23H32N2O4S. The minimum Gasteiger partial charge on any atom is -0.491 e. The largest absolute Gasteiger partial charge is 0.491 e. The van der Waals surface area contributed by atoms with Crippen molar-refractivity contribution in [2.24, 2.45) is 0 Å². The Kier molecular flexibility index (Phi) is 8.29. The van der Waals surface area contributed by atoms with E-state index in [1.165, 1.54) is 4.31 Å². The average molecular weight is 433 g/mol. The minimum atomic E-state index is -3.61. The zero-order valence-corrected chi connectivity index (χ0v) is 19.2. The number of sulfonamides is 1. The van der Waals surface area contributed by atoms with Crippen LogP contribution >= 0.6 is 0 Å². The van der Waals surface area contributed by atoms with Gasteiger partial charge in [0.2, 0.25) is 15.9 Å². The predicted octanol–water partition coefficient (Wildman–Crippen LogP) is 3.69. The van der Waals surface area contributed by atoms with Gasteiger partial charge in [-0.05, 0) is 75.9 Å². The molecule has 6 nitrogen and oxygen atoms in total. The normalized spacial score (nSPS) is 12.5. The molecule has 0 bridgehead atoms. The van der Waals surface area contributed by atoms with Gasteiger partial charge in [0, 0.05) is 6.54 Å². The highest BCUT2D eigenvalue weighted by molar-refractivity contribution is 7.92. The van der Waals surface area contributed by atoms with Crippen LogP contribution in [0.25, 0.3) is 0 Å². The van der Waals surface area contributed by atoms with Crippen molar-refractivity contribution in [1.82, 2.24) is 5.32 Å². The fourth-order valence-electron chi connectivity index (χ4n) is 3.27. The summed E-state index contributed by atoms with van der Waals surface area (Å²) in [5, 5.41) is 2.86. The quantitative estimate of drug-likeness (QED) is 0.581. The Labute approximate surface area is 180 Å². The molecule has 0 saturated heterocycles. The smallest absolute Gasteiger partial charge is 0.243 e. The molecule has 0 aliphatic heterocycles. The Hall–Kier alpha value is -2.54. The van der Waals surface area contributed by atoms with Crippen molar-refractivity contribution >= 4 is 21.6 Å². The first-order valence-corrected chi connectivity index (χ1v) is 12.0. The van der Waals surface area contributed by atoms with Gasteiger partial charge in [-0.1, -0.05) is 24.3 Å². The van der Waals surface area contributed by atoms with Gasteiger partial charge in [-0.3, -0.25) is 9.10 Å². The lowest BCUT2D eigenvalue weighted by Gasteiger charge is -2.28. The number of anilines is 1. The molecule has 0 saturated carbocycles. The van der Waals surface area contributed by atoms with E-state index in [9.17, 15) is 13.2 Å². The van der Waals surface area contributed by atoms with Crippen LogP contribution in [-0.4, -0.2) is 39.3 Å². The first kappa shape index (κ1) is 23.7. The number of benzene rings is 2. The molecule has 2 aromatic rings. The molecule has 2 rings (SSSR count). The van der Waals surface area contributed by atoms with Gasteiger partial charge in [0.15, 0.2) is 0 Å². The number of aryl methyl sites for hydroxylation is 2. The van der Waals surface area contributed by atoms with E-state index in [0.29, 0.717) is 12.2 Å². The molecule has 1 amide bonds. The standard InChI is InChI=1S/C23H32N2O4S/c1-17(2)29-22-13-7-10-20(16-22)11-8-14-24-23(26)19(4)25(30(5,27)28)21-12-6-9-18(3)15-21/h6-7,9-10,12-13,15-17,19H,8,11,14H2,1-5H3,(H,24,26)/t19-/m1/s1. The van der Waals surface area contributed by atoms with Gasteiger partial charge >= 0.3 is 0 Å². The summed E-state index contributed by atoms with van der Waals surface area (Å²) < 4.78 is 31.6. The molecule has 164 valence electrons. The molecule has 0 aromatic heterocycles. The zero-order chi connectivity index (χ0) is 22.3. The summed E-state index contributed by atoms with van der Waals surface area (Å²) in [7, 11) is -3.61. The van der Waals surface area contributed by atoms with E-state index >= 15 is 0 Å². The van der Waals surface area contributed by atoms with Crippen LogP contribution in [-0.2, 0) is 21.2 Å². The Morgan fingerprint density at radius 2 is 1.80 bits per heavy atom. The lowest BCUT2D eigenvalue weighted by molar-refractivity contribution is -0.121. The maximum atomic E-state index is 12.6. The van der Waals surface area contributed by atoms with E-state index in [-0.39, 0.29) is 12.0 Å². The van der Waals surface area contributed by atoms with Crippen LogP contribution < -0.4 is 14.4 Å². The highest BCUT2D eigenvalue weighted by atomic mass is 32.2. The van der Waals surface area contributed by atoms with E-state index < -0.39 is 16.1 Å². The average Bonchev–Trinajstić information content (AvgIpc) is 2.64. The summed E-state index contributed by atoms with van der Waals surface area (Å²) in [4.78, 5) is 12.6. The number of amides is 1. The Bertz CT molecular complexity index is 957. The molecule has 1 N–H and O–H groups in total. The second-order valence-corrected chi connectivity index (χ2v) is 9.64. The molecule has 0 heterocycles. The number of rotatable bonds is 10. The lowest BCUT2D eigenvalue weighted by Crippen LogP contribution is -2.48. The van der Waals surface area contributed by atoms with E-state index in [1.54, 1.807) is 25.1 Å². The highest BCUT2D eigenvalue weighted by Gasteiger charge is 2.28. The Morgan fingerprint density at radius 3 is 2.43 bits per heavy atom. The van der Waals surface area contributed by atoms with Gasteiger partial charge in [0.05, 0.1) is 18.0 Å². The van der Waals surface area contributed by atoms with Crippen LogP contribution in [0.1, 0.15) is 38.3 Å². The highest BCUT2D eigenvalue weighted by Crippen LogP contribution is 2.22. The van der Waals surface area contributed by atoms with Crippen molar-refractivity contribution in [3.8, 4) is 5.75 Å². The molecule has 0 aliphatic carbocycles. The molecule has 0 fully saturated rings. The predicted molar refractivity (Wildman–Crippen MR) is 122 cm³/mol. The van der Waals surface area contributed by atoms with Crippen LogP contribution in [0.5, 0.6) is 5.75 Å². The van der Waals surface area contributed by atoms with Crippen molar-refractivity contribution in [3.63, 3.8) is 0 Å². The first-order valence-electron chi connectivity index (χ1n) is 10.2. The maximum absolute atomic E-state index is 12.6. The SMILES string of the molecule is Cc1cccc(N([C@H](C)C(=O)NCCCc2cccc(OC(C)C)c2)S(C)(=O)=O)c1. The molecule has 7 heteroatoms. The second kappa shape index (κ2) is 10.5. The molecule has 0 radical (unpaired) electrons. The van der Waals surface area contributed by atoms with Gasteiger partial charge in [0.1, 0.15) is 11.8 Å². The zero-order valence-electron chi connectivity index (χ0n) is 18.4. The Balaban J connectivity index is 1.95. The van der Waals surface area contributed by atoms with E-state index in [1.807, 2.05) is 51.1 Å². The third kappa shape index (κ3) is 7.06. The molecule has 1 atom stereocenters. The molecule has 0 unspecified atom stereocenters. The van der Waals surface area contributed by atoms with Crippen molar-refractivity contribution in [3.05, 3.63) is 59.7 Å². The molecular weight excluding hydrogens is 400 g/mol. The van der Waals surface area contributed by atoms with Gasteiger partial charge in [-0.15, -0.1) is 0 Å². The van der Waals surface area contributed by atoms with E-state index in [4.69, 9.17) is 4.74 Å². The second-order valence-electron chi connectivity index (χ2n) is 7.78. The maximum Gasteiger partial charge on any atom is 0.243 e. The Morgan fingerprint density at radius 1 is 1.10 bits per heavy atom.